The second kappa shape index (κ2) is 22.9. The van der Waals surface area contributed by atoms with Crippen LogP contribution in [0, 0.1) is 17.8 Å². The third-order valence-electron chi connectivity index (χ3n) is 10.7. The molecule has 1 aliphatic heterocycles. The number of carboxylic acid groups (broad SMARTS) is 1. The van der Waals surface area contributed by atoms with Gasteiger partial charge in [0.1, 0.15) is 36.3 Å². The molecule has 0 spiro atoms. The Bertz CT molecular complexity index is 1400. The first-order chi connectivity index (χ1) is 25.9. The fourth-order valence-corrected chi connectivity index (χ4v) is 7.30. The number of thioether (sulfide) groups is 1. The highest BCUT2D eigenvalue weighted by Crippen LogP contribution is 2.24. The number of carboxylic acids is 1. The number of hydrogen-bond acceptors (Lipinski definition) is 10. The standard InChI is InChI=1S/C39H69N7O9S/c1-14-23(7)20-27(36(52)43(11)26(10)35(51)46-19-17-16-18-28(46)39(54)55)41-33(49)38(56-22(5)6)45(13)34(50)25(9)44(12)37(53)30(24(8)15-2)42-32(48)29(40)31(47)21(3)4/h14,21-31,38,47H,1,15-20,40H2,2-13H3,(H,41,49)(H,42,48)(H,54,55)/t23-,24-,25-,26-,27-,28+,29?,30?,31+,38-/m0/s1. The normalized spacial score (nSPS) is 19.3. The van der Waals surface area contributed by atoms with E-state index >= 15 is 0 Å². The lowest BCUT2D eigenvalue weighted by atomic mass is 9.95. The largest absolute Gasteiger partial charge is 0.480 e. The number of rotatable bonds is 21. The number of nitrogens with zero attached hydrogens (tertiary/aromatic N) is 4. The van der Waals surface area contributed by atoms with Crippen LogP contribution in [0.15, 0.2) is 12.7 Å². The van der Waals surface area contributed by atoms with Gasteiger partial charge in [0.2, 0.25) is 29.5 Å². The highest BCUT2D eigenvalue weighted by atomic mass is 32.2. The minimum Gasteiger partial charge on any atom is -0.480 e. The number of aliphatic hydroxyl groups is 1. The van der Waals surface area contributed by atoms with E-state index in [1.807, 2.05) is 27.7 Å². The molecule has 0 aromatic carbocycles. The molecule has 320 valence electrons. The van der Waals surface area contributed by atoms with Crippen LogP contribution in [0.25, 0.3) is 0 Å². The number of hydrogen-bond donors (Lipinski definition) is 5. The Morgan fingerprint density at radius 1 is 0.857 bits per heavy atom. The summed E-state index contributed by atoms with van der Waals surface area (Å²) < 4.78 is 0. The van der Waals surface area contributed by atoms with Gasteiger partial charge in [-0.1, -0.05) is 61.0 Å². The van der Waals surface area contributed by atoms with Gasteiger partial charge in [0.05, 0.1) is 6.10 Å². The number of likely N-dealkylation sites (tertiary alicyclic amines) is 1. The zero-order chi connectivity index (χ0) is 43.4. The Morgan fingerprint density at radius 2 is 1.43 bits per heavy atom. The smallest absolute Gasteiger partial charge is 0.326 e. The third kappa shape index (κ3) is 13.5. The number of nitrogens with one attached hydrogen (secondary N) is 2. The molecule has 0 aromatic heterocycles. The summed E-state index contributed by atoms with van der Waals surface area (Å²) in [6, 6.07) is -6.56. The zero-order valence-electron chi connectivity index (χ0n) is 35.5. The number of allylic oxidation sites excluding steroid dienone is 1. The van der Waals surface area contributed by atoms with E-state index in [4.69, 9.17) is 5.73 Å². The van der Waals surface area contributed by atoms with Crippen molar-refractivity contribution < 1.29 is 43.8 Å². The van der Waals surface area contributed by atoms with Crippen molar-refractivity contribution in [2.45, 2.75) is 147 Å². The van der Waals surface area contributed by atoms with Crippen molar-refractivity contribution in [1.29, 1.82) is 0 Å². The summed E-state index contributed by atoms with van der Waals surface area (Å²) in [6.07, 6.45) is 2.77. The summed E-state index contributed by atoms with van der Waals surface area (Å²) in [5, 5.41) is 24.3. The molecule has 1 rings (SSSR count). The first-order valence-electron chi connectivity index (χ1n) is 19.6. The molecule has 0 radical (unpaired) electrons. The summed E-state index contributed by atoms with van der Waals surface area (Å²) in [7, 11) is 4.30. The Labute approximate surface area is 337 Å². The third-order valence-corrected chi connectivity index (χ3v) is 12.1. The van der Waals surface area contributed by atoms with Gasteiger partial charge in [-0.2, -0.15) is 0 Å². The highest BCUT2D eigenvalue weighted by Gasteiger charge is 2.41. The van der Waals surface area contributed by atoms with Gasteiger partial charge in [-0.25, -0.2) is 4.79 Å². The van der Waals surface area contributed by atoms with Crippen molar-refractivity contribution in [2.24, 2.45) is 23.5 Å². The molecule has 0 aromatic rings. The summed E-state index contributed by atoms with van der Waals surface area (Å²) in [6.45, 7) is 19.7. The molecule has 1 saturated heterocycles. The molecular weight excluding hydrogens is 743 g/mol. The van der Waals surface area contributed by atoms with E-state index in [1.165, 1.54) is 66.4 Å². The second-order valence-corrected chi connectivity index (χ2v) is 17.4. The molecule has 0 bridgehead atoms. The summed E-state index contributed by atoms with van der Waals surface area (Å²) in [4.78, 5) is 99.4. The fraction of sp³-hybridized carbons (Fsp3) is 0.769. The maximum atomic E-state index is 14.1. The number of carbonyl (C=O) groups is 7. The summed E-state index contributed by atoms with van der Waals surface area (Å²) >= 11 is 1.17. The Balaban J connectivity index is 3.35. The second-order valence-electron chi connectivity index (χ2n) is 15.8. The molecule has 2 unspecified atom stereocenters. The molecule has 17 heteroatoms. The molecule has 1 fully saturated rings. The van der Waals surface area contributed by atoms with Gasteiger partial charge in [0, 0.05) is 32.9 Å². The van der Waals surface area contributed by atoms with Crippen molar-refractivity contribution in [3.05, 3.63) is 12.7 Å². The average molecular weight is 812 g/mol. The number of carbonyl (C=O) groups excluding carboxylic acids is 6. The van der Waals surface area contributed by atoms with Crippen molar-refractivity contribution in [1.82, 2.24) is 30.2 Å². The van der Waals surface area contributed by atoms with Crippen LogP contribution in [0.4, 0.5) is 0 Å². The monoisotopic (exact) mass is 811 g/mol. The van der Waals surface area contributed by atoms with Gasteiger partial charge < -0.3 is 46.2 Å². The van der Waals surface area contributed by atoms with Gasteiger partial charge in [0.25, 0.3) is 5.91 Å². The lowest BCUT2D eigenvalue weighted by Gasteiger charge is -2.38. The molecule has 10 atom stereocenters. The van der Waals surface area contributed by atoms with Crippen LogP contribution in [-0.2, 0) is 33.6 Å². The van der Waals surface area contributed by atoms with Gasteiger partial charge in [-0.15, -0.1) is 18.3 Å². The van der Waals surface area contributed by atoms with E-state index < -0.39 is 89.1 Å². The fourth-order valence-electron chi connectivity index (χ4n) is 6.30. The maximum absolute atomic E-state index is 14.1. The van der Waals surface area contributed by atoms with Crippen molar-refractivity contribution >= 4 is 53.2 Å². The molecule has 0 saturated carbocycles. The number of likely N-dealkylation sites (N-methyl/N-ethyl adjacent to an activating group) is 3. The number of aliphatic hydroxyl groups excluding tert-OH is 1. The molecule has 0 aliphatic carbocycles. The predicted molar refractivity (Wildman–Crippen MR) is 217 cm³/mol. The maximum Gasteiger partial charge on any atom is 0.326 e. The Morgan fingerprint density at radius 3 is 1.93 bits per heavy atom. The Hall–Kier alpha value is -3.70. The van der Waals surface area contributed by atoms with E-state index in [0.717, 1.165) is 0 Å². The van der Waals surface area contributed by atoms with E-state index in [9.17, 15) is 43.8 Å². The van der Waals surface area contributed by atoms with Crippen LogP contribution < -0.4 is 16.4 Å². The van der Waals surface area contributed by atoms with E-state index in [2.05, 4.69) is 17.2 Å². The van der Waals surface area contributed by atoms with Gasteiger partial charge >= 0.3 is 5.97 Å². The predicted octanol–water partition coefficient (Wildman–Crippen LogP) is 1.64. The lowest BCUT2D eigenvalue weighted by molar-refractivity contribution is -0.156. The van der Waals surface area contributed by atoms with Crippen LogP contribution in [0.3, 0.4) is 0 Å². The quantitative estimate of drug-likeness (QED) is 0.0828. The molecule has 16 nitrogen and oxygen atoms in total. The molecule has 6 N–H and O–H groups in total. The molecule has 56 heavy (non-hydrogen) atoms. The summed E-state index contributed by atoms with van der Waals surface area (Å²) in [5.74, 6) is -5.56. The first kappa shape index (κ1) is 50.3. The van der Waals surface area contributed by atoms with Crippen LogP contribution in [-0.4, -0.2) is 152 Å². The van der Waals surface area contributed by atoms with Gasteiger partial charge in [0.15, 0.2) is 5.37 Å². The van der Waals surface area contributed by atoms with E-state index in [1.54, 1.807) is 26.8 Å². The van der Waals surface area contributed by atoms with Crippen LogP contribution >= 0.6 is 11.8 Å². The molecular formula is C39H69N7O9S. The number of piperidine rings is 1. The minimum absolute atomic E-state index is 0.131. The average Bonchev–Trinajstić information content (AvgIpc) is 3.17. The number of amides is 6. The first-order valence-corrected chi connectivity index (χ1v) is 20.5. The minimum atomic E-state index is -1.27. The van der Waals surface area contributed by atoms with Gasteiger partial charge in [-0.05, 0) is 57.3 Å². The number of nitrogens with two attached hydrogens (primary N) is 1. The highest BCUT2D eigenvalue weighted by molar-refractivity contribution is 8.01. The zero-order valence-corrected chi connectivity index (χ0v) is 36.3. The van der Waals surface area contributed by atoms with Crippen LogP contribution in [0.2, 0.25) is 0 Å². The SMILES string of the molecule is C=C[C@H](C)C[C@H](NC(=O)[C@H](SC(C)C)N(C)C(=O)[C@H](C)N(C)C(=O)C(NC(=O)C(N)[C@H](O)C(C)C)[C@@H](C)CC)C(=O)N(C)[C@@H](C)C(=O)N1CCCC[C@@H]1C(=O)O. The van der Waals surface area contributed by atoms with Crippen molar-refractivity contribution in [3.63, 3.8) is 0 Å². The van der Waals surface area contributed by atoms with Crippen molar-refractivity contribution in [2.75, 3.05) is 27.7 Å². The van der Waals surface area contributed by atoms with Crippen LogP contribution in [0.1, 0.15) is 94.4 Å². The van der Waals surface area contributed by atoms with Crippen molar-refractivity contribution in [3.8, 4) is 0 Å². The molecule has 6 amide bonds. The molecule has 1 heterocycles. The topological polar surface area (TPSA) is 223 Å². The Kier molecular flexibility index (Phi) is 20.6. The lowest BCUT2D eigenvalue weighted by Crippen LogP contribution is -2.61. The van der Waals surface area contributed by atoms with Gasteiger partial charge in [-0.3, -0.25) is 28.8 Å². The van der Waals surface area contributed by atoms with Crippen LogP contribution in [0.5, 0.6) is 0 Å². The van der Waals surface area contributed by atoms with E-state index in [0.29, 0.717) is 25.7 Å². The van der Waals surface area contributed by atoms with E-state index in [-0.39, 0.29) is 36.0 Å². The number of aliphatic carboxylic acids is 1. The molecule has 1 aliphatic rings. The summed E-state index contributed by atoms with van der Waals surface area (Å²) in [5.41, 5.74) is 6.00.